The largest absolute Gasteiger partial charge is 0.489 e. The van der Waals surface area contributed by atoms with E-state index in [1.807, 2.05) is 6.07 Å². The first-order valence-corrected chi connectivity index (χ1v) is 11.5. The fourth-order valence-electron chi connectivity index (χ4n) is 4.51. The zero-order valence-electron chi connectivity index (χ0n) is 19.0. The summed E-state index contributed by atoms with van der Waals surface area (Å²) in [7, 11) is 0. The van der Waals surface area contributed by atoms with Gasteiger partial charge in [-0.1, -0.05) is 54.6 Å². The van der Waals surface area contributed by atoms with Gasteiger partial charge in [0, 0.05) is 26.1 Å². The van der Waals surface area contributed by atoms with Gasteiger partial charge in [-0.25, -0.2) is 0 Å². The molecule has 0 aromatic heterocycles. The van der Waals surface area contributed by atoms with Crippen molar-refractivity contribution in [2.45, 2.75) is 45.8 Å². The molecule has 4 rings (SSSR count). The monoisotopic (exact) mass is 428 g/mol. The summed E-state index contributed by atoms with van der Waals surface area (Å²) in [5.74, 6) is 0.939. The Labute approximate surface area is 191 Å². The zero-order valence-corrected chi connectivity index (χ0v) is 19.0. The lowest BCUT2D eigenvalue weighted by atomic mass is 9.87. The van der Waals surface area contributed by atoms with Crippen LogP contribution < -0.4 is 15.4 Å². The van der Waals surface area contributed by atoms with Crippen LogP contribution in [-0.2, 0) is 17.8 Å². The van der Waals surface area contributed by atoms with E-state index in [0.717, 1.165) is 31.6 Å². The average molecular weight is 429 g/mol. The van der Waals surface area contributed by atoms with Crippen LogP contribution in [-0.4, -0.2) is 19.0 Å². The van der Waals surface area contributed by atoms with Crippen LogP contribution in [0.3, 0.4) is 0 Å². The van der Waals surface area contributed by atoms with E-state index in [1.165, 1.54) is 33.4 Å². The van der Waals surface area contributed by atoms with Gasteiger partial charge in [0.25, 0.3) is 0 Å². The van der Waals surface area contributed by atoms with Crippen LogP contribution in [0.25, 0.3) is 11.1 Å². The van der Waals surface area contributed by atoms with Crippen molar-refractivity contribution in [3.8, 4) is 16.9 Å². The van der Waals surface area contributed by atoms with E-state index in [9.17, 15) is 4.79 Å². The number of hydrogen-bond acceptors (Lipinski definition) is 3. The van der Waals surface area contributed by atoms with Crippen molar-refractivity contribution in [3.63, 3.8) is 0 Å². The topological polar surface area (TPSA) is 50.4 Å². The highest BCUT2D eigenvalue weighted by Gasteiger charge is 2.20. The molecule has 0 radical (unpaired) electrons. The molecule has 0 fully saturated rings. The number of carbonyl (C=O) groups is 1. The van der Waals surface area contributed by atoms with Gasteiger partial charge in [-0.05, 0) is 71.7 Å². The number of benzene rings is 3. The fraction of sp³-hybridized carbons (Fsp3) is 0.321. The van der Waals surface area contributed by atoms with E-state index in [0.29, 0.717) is 19.2 Å². The van der Waals surface area contributed by atoms with Gasteiger partial charge in [0.2, 0.25) is 5.91 Å². The molecule has 3 aromatic rings. The van der Waals surface area contributed by atoms with Crippen LogP contribution in [0.1, 0.15) is 48.1 Å². The Bertz CT molecular complexity index is 1060. The van der Waals surface area contributed by atoms with E-state index < -0.39 is 0 Å². The molecule has 0 saturated carbocycles. The van der Waals surface area contributed by atoms with Gasteiger partial charge in [-0.3, -0.25) is 4.79 Å². The summed E-state index contributed by atoms with van der Waals surface area (Å²) >= 11 is 0. The van der Waals surface area contributed by atoms with Crippen LogP contribution in [0.2, 0.25) is 0 Å². The number of carbonyl (C=O) groups excluding carboxylic acids is 1. The normalized spacial score (nSPS) is 15.1. The number of ether oxygens (including phenoxy) is 1. The summed E-state index contributed by atoms with van der Waals surface area (Å²) < 4.78 is 6.22. The van der Waals surface area contributed by atoms with Crippen molar-refractivity contribution in [2.24, 2.45) is 0 Å². The first-order valence-electron chi connectivity index (χ1n) is 11.5. The lowest BCUT2D eigenvalue weighted by molar-refractivity contribution is -0.118. The Kier molecular flexibility index (Phi) is 7.23. The third-order valence-electron chi connectivity index (χ3n) is 6.24. The molecule has 1 aliphatic rings. The summed E-state index contributed by atoms with van der Waals surface area (Å²) in [6.07, 6.45) is 3.37. The second-order valence-corrected chi connectivity index (χ2v) is 8.49. The Morgan fingerprint density at radius 1 is 1.03 bits per heavy atom. The summed E-state index contributed by atoms with van der Waals surface area (Å²) in [5.41, 5.74) is 7.68. The van der Waals surface area contributed by atoms with Gasteiger partial charge in [-0.15, -0.1) is 0 Å². The van der Waals surface area contributed by atoms with Crippen molar-refractivity contribution in [1.29, 1.82) is 0 Å². The number of fused-ring (bicyclic) bond motifs is 1. The minimum atomic E-state index is 0.0159. The van der Waals surface area contributed by atoms with Crippen LogP contribution in [0, 0.1) is 6.92 Å². The maximum atomic E-state index is 11.1. The van der Waals surface area contributed by atoms with Crippen LogP contribution in [0.4, 0.5) is 0 Å². The Hall–Kier alpha value is -3.11. The van der Waals surface area contributed by atoms with Gasteiger partial charge in [-0.2, -0.15) is 0 Å². The summed E-state index contributed by atoms with van der Waals surface area (Å²) in [4.78, 5) is 11.1. The van der Waals surface area contributed by atoms with Gasteiger partial charge in [0.05, 0.1) is 0 Å². The van der Waals surface area contributed by atoms with Gasteiger partial charge in [0.1, 0.15) is 12.4 Å². The highest BCUT2D eigenvalue weighted by atomic mass is 16.5. The standard InChI is InChI=1S/C28H32N2O2/c1-20-24(11-6-12-26(20)22-8-4-3-5-9-22)19-32-25-14-15-27-23(18-25)10-7-13-28(27)30-17-16-29-21(2)31/h3-6,8-9,11-12,14-15,18,28,30H,7,10,13,16-17,19H2,1-2H3,(H,29,31). The van der Waals surface area contributed by atoms with E-state index in [1.54, 1.807) is 6.92 Å². The number of hydrogen-bond donors (Lipinski definition) is 2. The fourth-order valence-corrected chi connectivity index (χ4v) is 4.51. The first kappa shape index (κ1) is 22.1. The molecular formula is C28H32N2O2. The molecule has 2 N–H and O–H groups in total. The third-order valence-corrected chi connectivity index (χ3v) is 6.24. The number of aryl methyl sites for hydroxylation is 1. The molecule has 4 nitrogen and oxygen atoms in total. The van der Waals surface area contributed by atoms with Crippen LogP contribution in [0.5, 0.6) is 5.75 Å². The molecule has 32 heavy (non-hydrogen) atoms. The van der Waals surface area contributed by atoms with Gasteiger partial charge < -0.3 is 15.4 Å². The SMILES string of the molecule is CC(=O)NCCNC1CCCc2cc(OCc3cccc(-c4ccccc4)c3C)ccc21. The van der Waals surface area contributed by atoms with E-state index in [-0.39, 0.29) is 5.91 Å². The van der Waals surface area contributed by atoms with Crippen LogP contribution >= 0.6 is 0 Å². The first-order chi connectivity index (χ1) is 15.6. The highest BCUT2D eigenvalue weighted by molar-refractivity contribution is 5.72. The number of rotatable bonds is 8. The lowest BCUT2D eigenvalue weighted by Gasteiger charge is -2.27. The number of nitrogens with one attached hydrogen (secondary N) is 2. The maximum absolute atomic E-state index is 11.1. The Balaban J connectivity index is 1.41. The van der Waals surface area contributed by atoms with Gasteiger partial charge in [0.15, 0.2) is 0 Å². The smallest absolute Gasteiger partial charge is 0.216 e. The minimum absolute atomic E-state index is 0.0159. The molecule has 3 aromatic carbocycles. The second-order valence-electron chi connectivity index (χ2n) is 8.49. The zero-order chi connectivity index (χ0) is 22.3. The van der Waals surface area contributed by atoms with Crippen molar-refractivity contribution in [2.75, 3.05) is 13.1 Å². The molecular weight excluding hydrogens is 396 g/mol. The third kappa shape index (κ3) is 5.38. The van der Waals surface area contributed by atoms with E-state index in [4.69, 9.17) is 4.74 Å². The second kappa shape index (κ2) is 10.5. The van der Waals surface area contributed by atoms with Crippen molar-refractivity contribution in [3.05, 3.63) is 89.0 Å². The molecule has 0 heterocycles. The summed E-state index contributed by atoms with van der Waals surface area (Å²) in [5, 5.41) is 6.43. The molecule has 166 valence electrons. The minimum Gasteiger partial charge on any atom is -0.489 e. The Morgan fingerprint density at radius 2 is 1.88 bits per heavy atom. The van der Waals surface area contributed by atoms with E-state index >= 15 is 0 Å². The summed E-state index contributed by atoms with van der Waals surface area (Å²) in [6, 6.07) is 23.8. The molecule has 1 unspecified atom stereocenters. The van der Waals surface area contributed by atoms with Crippen LogP contribution in [0.15, 0.2) is 66.7 Å². The maximum Gasteiger partial charge on any atom is 0.216 e. The lowest BCUT2D eigenvalue weighted by Crippen LogP contribution is -2.33. The summed E-state index contributed by atoms with van der Waals surface area (Å²) in [6.45, 7) is 5.72. The molecule has 0 aliphatic heterocycles. The average Bonchev–Trinajstić information content (AvgIpc) is 2.81. The van der Waals surface area contributed by atoms with Gasteiger partial charge >= 0.3 is 0 Å². The molecule has 0 bridgehead atoms. The predicted molar refractivity (Wildman–Crippen MR) is 130 cm³/mol. The van der Waals surface area contributed by atoms with Crippen molar-refractivity contribution in [1.82, 2.24) is 10.6 Å². The van der Waals surface area contributed by atoms with E-state index in [2.05, 4.69) is 78.2 Å². The quantitative estimate of drug-likeness (QED) is 0.476. The molecule has 1 atom stereocenters. The molecule has 0 saturated heterocycles. The number of amides is 1. The highest BCUT2D eigenvalue weighted by Crippen LogP contribution is 2.33. The molecule has 1 amide bonds. The van der Waals surface area contributed by atoms with Crippen molar-refractivity contribution >= 4 is 5.91 Å². The molecule has 4 heteroatoms. The molecule has 0 spiro atoms. The van der Waals surface area contributed by atoms with Crippen molar-refractivity contribution < 1.29 is 9.53 Å². The Morgan fingerprint density at radius 3 is 2.69 bits per heavy atom. The molecule has 1 aliphatic carbocycles. The predicted octanol–water partition coefficient (Wildman–Crippen LogP) is 5.34.